The van der Waals surface area contributed by atoms with Gasteiger partial charge in [0.1, 0.15) is 5.75 Å². The number of rotatable bonds is 6. The Morgan fingerprint density at radius 3 is 2.52 bits per heavy atom. The Labute approximate surface area is 193 Å². The molecule has 1 fully saturated rings. The molecule has 8 heteroatoms. The van der Waals surface area contributed by atoms with E-state index in [1.54, 1.807) is 30.3 Å². The summed E-state index contributed by atoms with van der Waals surface area (Å²) in [7, 11) is 0. The Kier molecular flexibility index (Phi) is 6.72. The molecule has 33 heavy (non-hydrogen) atoms. The van der Waals surface area contributed by atoms with E-state index in [-0.39, 0.29) is 30.5 Å². The summed E-state index contributed by atoms with van der Waals surface area (Å²) in [5, 5.41) is 10.5. The van der Waals surface area contributed by atoms with Gasteiger partial charge in [-0.25, -0.2) is 0 Å². The first kappa shape index (κ1) is 22.5. The number of piperidine rings is 1. The minimum absolute atomic E-state index is 0.00637. The van der Waals surface area contributed by atoms with Crippen molar-refractivity contribution in [3.63, 3.8) is 0 Å². The molecule has 8 nitrogen and oxygen atoms in total. The maximum absolute atomic E-state index is 12.8. The highest BCUT2D eigenvalue weighted by Crippen LogP contribution is 2.25. The van der Waals surface area contributed by atoms with E-state index >= 15 is 0 Å². The van der Waals surface area contributed by atoms with Gasteiger partial charge in [-0.3, -0.25) is 9.59 Å². The van der Waals surface area contributed by atoms with Crippen molar-refractivity contribution in [3.05, 3.63) is 60.0 Å². The Morgan fingerprint density at radius 1 is 1.12 bits per heavy atom. The molecule has 1 aromatic heterocycles. The number of aryl methyl sites for hydroxylation is 1. The summed E-state index contributed by atoms with van der Waals surface area (Å²) >= 11 is 0. The van der Waals surface area contributed by atoms with Crippen LogP contribution >= 0.6 is 0 Å². The number of nitrogens with zero attached hydrogens (tertiary/aromatic N) is 3. The maximum atomic E-state index is 12.8. The first-order valence-corrected chi connectivity index (χ1v) is 11.1. The van der Waals surface area contributed by atoms with E-state index in [2.05, 4.69) is 29.4 Å². The third-order valence-electron chi connectivity index (χ3n) is 6.05. The van der Waals surface area contributed by atoms with Crippen LogP contribution in [-0.4, -0.2) is 45.6 Å². The second kappa shape index (κ2) is 9.85. The average Bonchev–Trinajstić information content (AvgIpc) is 3.34. The van der Waals surface area contributed by atoms with Crippen LogP contribution in [0, 0.1) is 6.92 Å². The van der Waals surface area contributed by atoms with Crippen molar-refractivity contribution in [2.75, 3.05) is 11.9 Å². The fourth-order valence-corrected chi connectivity index (χ4v) is 4.22. The van der Waals surface area contributed by atoms with Gasteiger partial charge in [-0.1, -0.05) is 6.07 Å². The van der Waals surface area contributed by atoms with Gasteiger partial charge in [-0.2, -0.15) is 0 Å². The number of benzene rings is 2. The highest BCUT2D eigenvalue weighted by Gasteiger charge is 2.29. The van der Waals surface area contributed by atoms with Gasteiger partial charge in [0.25, 0.3) is 11.8 Å². The van der Waals surface area contributed by atoms with Gasteiger partial charge in [0.05, 0.1) is 0 Å². The van der Waals surface area contributed by atoms with E-state index in [0.717, 1.165) is 30.4 Å². The van der Waals surface area contributed by atoms with Gasteiger partial charge in [0.15, 0.2) is 6.61 Å². The largest absolute Gasteiger partial charge is 0.484 e. The molecule has 3 aromatic rings. The summed E-state index contributed by atoms with van der Waals surface area (Å²) in [5.74, 6) is 0.675. The molecule has 4 rings (SSSR count). The van der Waals surface area contributed by atoms with Crippen LogP contribution in [-0.2, 0) is 4.79 Å². The van der Waals surface area contributed by atoms with E-state index in [1.165, 1.54) is 6.39 Å². The van der Waals surface area contributed by atoms with Crippen LogP contribution in [0.4, 0.5) is 5.69 Å². The van der Waals surface area contributed by atoms with Crippen LogP contribution in [0.1, 0.15) is 49.0 Å². The normalized spacial score (nSPS) is 18.1. The van der Waals surface area contributed by atoms with E-state index in [9.17, 15) is 9.59 Å². The molecule has 0 bridgehead atoms. The third kappa shape index (κ3) is 5.22. The van der Waals surface area contributed by atoms with Crippen LogP contribution in [0.5, 0.6) is 5.75 Å². The lowest BCUT2D eigenvalue weighted by atomic mass is 9.97. The number of carbonyl (C=O) groups excluding carboxylic acids is 2. The molecule has 2 aromatic carbocycles. The molecule has 2 unspecified atom stereocenters. The fourth-order valence-electron chi connectivity index (χ4n) is 4.22. The number of hydrogen-bond acceptors (Lipinski definition) is 6. The van der Waals surface area contributed by atoms with Crippen LogP contribution in [0.3, 0.4) is 0 Å². The highest BCUT2D eigenvalue weighted by atomic mass is 16.5. The predicted molar refractivity (Wildman–Crippen MR) is 124 cm³/mol. The van der Waals surface area contributed by atoms with Crippen molar-refractivity contribution < 1.29 is 18.7 Å². The molecule has 0 radical (unpaired) electrons. The van der Waals surface area contributed by atoms with E-state index in [1.807, 2.05) is 24.0 Å². The van der Waals surface area contributed by atoms with Gasteiger partial charge in [-0.15, -0.1) is 10.2 Å². The molecule has 1 aliphatic rings. The van der Waals surface area contributed by atoms with E-state index < -0.39 is 0 Å². The van der Waals surface area contributed by atoms with E-state index in [0.29, 0.717) is 22.9 Å². The van der Waals surface area contributed by atoms with Crippen molar-refractivity contribution in [1.29, 1.82) is 0 Å². The Bertz CT molecular complexity index is 1100. The topological polar surface area (TPSA) is 97.6 Å². The van der Waals surface area contributed by atoms with Crippen molar-refractivity contribution in [2.24, 2.45) is 0 Å². The highest BCUT2D eigenvalue weighted by molar-refractivity contribution is 6.05. The SMILES string of the molecule is Cc1ccc(-c2nnco2)cc1NC(=O)c1ccc(OCC(=O)N2C(C)CCCC2C)cc1. The average molecular weight is 449 g/mol. The molecule has 1 N–H and O–H groups in total. The number of anilines is 1. The summed E-state index contributed by atoms with van der Waals surface area (Å²) in [6.07, 6.45) is 4.46. The second-order valence-corrected chi connectivity index (χ2v) is 8.47. The summed E-state index contributed by atoms with van der Waals surface area (Å²) in [6, 6.07) is 12.8. The van der Waals surface area contributed by atoms with Crippen molar-refractivity contribution in [3.8, 4) is 17.2 Å². The lowest BCUT2D eigenvalue weighted by Crippen LogP contribution is -2.49. The maximum Gasteiger partial charge on any atom is 0.260 e. The molecular weight excluding hydrogens is 420 g/mol. The molecule has 1 aliphatic heterocycles. The fraction of sp³-hybridized carbons (Fsp3) is 0.360. The molecular formula is C25H28N4O4. The summed E-state index contributed by atoms with van der Waals surface area (Å²) in [5.41, 5.74) is 2.77. The molecule has 0 aliphatic carbocycles. The minimum atomic E-state index is -0.251. The van der Waals surface area contributed by atoms with Crippen LogP contribution in [0.2, 0.25) is 0 Å². The van der Waals surface area contributed by atoms with Crippen LogP contribution < -0.4 is 10.1 Å². The lowest BCUT2D eigenvalue weighted by Gasteiger charge is -2.38. The number of aromatic nitrogens is 2. The Balaban J connectivity index is 1.37. The first-order valence-electron chi connectivity index (χ1n) is 11.1. The Hall–Kier alpha value is -3.68. The number of likely N-dealkylation sites (tertiary alicyclic amines) is 1. The number of hydrogen-bond donors (Lipinski definition) is 1. The summed E-state index contributed by atoms with van der Waals surface area (Å²) in [6.45, 7) is 6.06. The molecule has 0 spiro atoms. The van der Waals surface area contributed by atoms with Gasteiger partial charge in [0.2, 0.25) is 12.3 Å². The van der Waals surface area contributed by atoms with Gasteiger partial charge < -0.3 is 19.4 Å². The van der Waals surface area contributed by atoms with Crippen LogP contribution in [0.15, 0.2) is 53.3 Å². The zero-order chi connectivity index (χ0) is 23.4. The lowest BCUT2D eigenvalue weighted by molar-refractivity contribution is -0.139. The number of carbonyl (C=O) groups is 2. The Morgan fingerprint density at radius 2 is 1.85 bits per heavy atom. The van der Waals surface area contributed by atoms with E-state index in [4.69, 9.17) is 9.15 Å². The smallest absolute Gasteiger partial charge is 0.260 e. The molecule has 0 saturated carbocycles. The number of nitrogens with one attached hydrogen (secondary N) is 1. The summed E-state index contributed by atoms with van der Waals surface area (Å²) in [4.78, 5) is 27.3. The third-order valence-corrected chi connectivity index (χ3v) is 6.05. The quantitative estimate of drug-likeness (QED) is 0.598. The minimum Gasteiger partial charge on any atom is -0.484 e. The zero-order valence-electron chi connectivity index (χ0n) is 19.1. The first-order chi connectivity index (χ1) is 15.9. The van der Waals surface area contributed by atoms with Gasteiger partial charge >= 0.3 is 0 Å². The van der Waals surface area contributed by atoms with Crippen molar-refractivity contribution >= 4 is 17.5 Å². The van der Waals surface area contributed by atoms with Crippen molar-refractivity contribution in [1.82, 2.24) is 15.1 Å². The molecule has 172 valence electrons. The van der Waals surface area contributed by atoms with Gasteiger partial charge in [-0.05, 0) is 82.0 Å². The van der Waals surface area contributed by atoms with Gasteiger partial charge in [0, 0.05) is 28.9 Å². The van der Waals surface area contributed by atoms with Crippen molar-refractivity contribution in [2.45, 2.75) is 52.1 Å². The molecule has 2 atom stereocenters. The summed E-state index contributed by atoms with van der Waals surface area (Å²) < 4.78 is 10.9. The van der Waals surface area contributed by atoms with Crippen LogP contribution in [0.25, 0.3) is 11.5 Å². The molecule has 2 heterocycles. The molecule has 2 amide bonds. The number of amides is 2. The number of ether oxygens (including phenoxy) is 1. The standard InChI is InChI=1S/C25H28N4O4/c1-16-7-8-20(25-28-26-15-33-25)13-22(16)27-24(31)19-9-11-21(12-10-19)32-14-23(30)29-17(2)5-4-6-18(29)3/h7-13,15,17-18H,4-6,14H2,1-3H3,(H,27,31). The zero-order valence-corrected chi connectivity index (χ0v) is 19.1. The molecule has 1 saturated heterocycles. The monoisotopic (exact) mass is 448 g/mol. The second-order valence-electron chi connectivity index (χ2n) is 8.47. The predicted octanol–water partition coefficient (Wildman–Crippen LogP) is 4.47.